The summed E-state index contributed by atoms with van der Waals surface area (Å²) in [4.78, 5) is 6.13. The Hall–Kier alpha value is -2.33. The minimum atomic E-state index is 0.864. The third kappa shape index (κ3) is 3.71. The number of hydrogen-bond acceptors (Lipinski definition) is 4. The number of aromatic nitrogens is 1. The first kappa shape index (κ1) is 15.6. The van der Waals surface area contributed by atoms with Crippen molar-refractivity contribution in [3.05, 3.63) is 59.5 Å². The maximum Gasteiger partial charge on any atom is 0.187 e. The molecule has 3 rings (SSSR count). The van der Waals surface area contributed by atoms with Crippen LogP contribution in [0.4, 0.5) is 10.8 Å². The van der Waals surface area contributed by atoms with Crippen molar-refractivity contribution >= 4 is 22.2 Å². The molecule has 0 aliphatic heterocycles. The zero-order valence-corrected chi connectivity index (χ0v) is 14.2. The molecule has 1 N–H and O–H groups in total. The fourth-order valence-electron chi connectivity index (χ4n) is 2.42. The van der Waals surface area contributed by atoms with E-state index in [0.717, 1.165) is 40.7 Å². The standard InChI is InChI=1S/C19H20N2OS/c1-3-7-17-18(14-10-12-16(22-2)13-11-14)21-19(23-17)20-15-8-5-4-6-9-15/h4-6,8-13H,3,7H2,1-2H3,(H,20,21). The van der Waals surface area contributed by atoms with Crippen molar-refractivity contribution in [3.8, 4) is 17.0 Å². The van der Waals surface area contributed by atoms with Crippen molar-refractivity contribution in [2.75, 3.05) is 12.4 Å². The Kier molecular flexibility index (Phi) is 4.93. The normalized spacial score (nSPS) is 10.5. The quantitative estimate of drug-likeness (QED) is 0.648. The molecule has 0 radical (unpaired) electrons. The molecule has 0 spiro atoms. The summed E-state index contributed by atoms with van der Waals surface area (Å²) in [6.45, 7) is 2.20. The molecule has 4 heteroatoms. The van der Waals surface area contributed by atoms with E-state index in [0.29, 0.717) is 0 Å². The van der Waals surface area contributed by atoms with E-state index in [-0.39, 0.29) is 0 Å². The number of para-hydroxylation sites is 1. The molecular formula is C19H20N2OS. The first-order valence-corrected chi connectivity index (χ1v) is 8.58. The van der Waals surface area contributed by atoms with Gasteiger partial charge >= 0.3 is 0 Å². The van der Waals surface area contributed by atoms with E-state index >= 15 is 0 Å². The van der Waals surface area contributed by atoms with Crippen molar-refractivity contribution in [2.45, 2.75) is 19.8 Å². The number of aryl methyl sites for hydroxylation is 1. The maximum absolute atomic E-state index is 5.24. The Bertz CT molecular complexity index is 751. The van der Waals surface area contributed by atoms with Gasteiger partial charge in [0, 0.05) is 16.1 Å². The summed E-state index contributed by atoms with van der Waals surface area (Å²) in [5.74, 6) is 0.864. The molecular weight excluding hydrogens is 304 g/mol. The van der Waals surface area contributed by atoms with Crippen molar-refractivity contribution in [1.82, 2.24) is 4.98 Å². The van der Waals surface area contributed by atoms with Gasteiger partial charge in [0.2, 0.25) is 0 Å². The van der Waals surface area contributed by atoms with Crippen LogP contribution in [0.3, 0.4) is 0 Å². The molecule has 0 fully saturated rings. The fraction of sp³-hybridized carbons (Fsp3) is 0.211. The molecule has 0 bridgehead atoms. The number of benzene rings is 2. The van der Waals surface area contributed by atoms with Crippen LogP contribution in [-0.4, -0.2) is 12.1 Å². The van der Waals surface area contributed by atoms with Crippen LogP contribution in [0.25, 0.3) is 11.3 Å². The van der Waals surface area contributed by atoms with E-state index in [4.69, 9.17) is 9.72 Å². The smallest absolute Gasteiger partial charge is 0.187 e. The molecule has 0 saturated heterocycles. The molecule has 0 amide bonds. The average Bonchev–Trinajstić information content (AvgIpc) is 2.99. The van der Waals surface area contributed by atoms with Gasteiger partial charge in [-0.2, -0.15) is 0 Å². The molecule has 0 unspecified atom stereocenters. The Balaban J connectivity index is 1.91. The van der Waals surface area contributed by atoms with E-state index in [1.807, 2.05) is 42.5 Å². The minimum Gasteiger partial charge on any atom is -0.497 e. The SMILES string of the molecule is CCCc1sc(Nc2ccccc2)nc1-c1ccc(OC)cc1. The average molecular weight is 324 g/mol. The van der Waals surface area contributed by atoms with Crippen molar-refractivity contribution in [3.63, 3.8) is 0 Å². The van der Waals surface area contributed by atoms with Crippen LogP contribution in [0.5, 0.6) is 5.75 Å². The third-order valence-corrected chi connectivity index (χ3v) is 4.59. The molecule has 0 saturated carbocycles. The highest BCUT2D eigenvalue weighted by molar-refractivity contribution is 7.16. The van der Waals surface area contributed by atoms with Crippen molar-refractivity contribution < 1.29 is 4.74 Å². The lowest BCUT2D eigenvalue weighted by molar-refractivity contribution is 0.415. The Morgan fingerprint density at radius 1 is 1.04 bits per heavy atom. The zero-order chi connectivity index (χ0) is 16.1. The van der Waals surface area contributed by atoms with Gasteiger partial charge in [-0.1, -0.05) is 31.5 Å². The molecule has 118 valence electrons. The molecule has 0 atom stereocenters. The highest BCUT2D eigenvalue weighted by Gasteiger charge is 2.13. The lowest BCUT2D eigenvalue weighted by atomic mass is 10.1. The number of nitrogens with one attached hydrogen (secondary N) is 1. The largest absolute Gasteiger partial charge is 0.497 e. The predicted molar refractivity (Wildman–Crippen MR) is 97.8 cm³/mol. The van der Waals surface area contributed by atoms with Gasteiger partial charge in [0.05, 0.1) is 12.8 Å². The number of rotatable bonds is 6. The van der Waals surface area contributed by atoms with Crippen LogP contribution in [0.2, 0.25) is 0 Å². The number of ether oxygens (including phenoxy) is 1. The molecule has 0 aliphatic rings. The number of anilines is 2. The van der Waals surface area contributed by atoms with Gasteiger partial charge in [0.15, 0.2) is 5.13 Å². The van der Waals surface area contributed by atoms with Gasteiger partial charge in [0.1, 0.15) is 5.75 Å². The maximum atomic E-state index is 5.24. The van der Waals surface area contributed by atoms with Crippen molar-refractivity contribution in [1.29, 1.82) is 0 Å². The van der Waals surface area contributed by atoms with Crippen LogP contribution < -0.4 is 10.1 Å². The number of methoxy groups -OCH3 is 1. The lowest BCUT2D eigenvalue weighted by Crippen LogP contribution is -1.89. The van der Waals surface area contributed by atoms with Gasteiger partial charge in [-0.05, 0) is 42.8 Å². The lowest BCUT2D eigenvalue weighted by Gasteiger charge is -2.03. The highest BCUT2D eigenvalue weighted by Crippen LogP contribution is 2.34. The second-order valence-electron chi connectivity index (χ2n) is 5.26. The summed E-state index contributed by atoms with van der Waals surface area (Å²) in [5, 5.41) is 4.33. The Morgan fingerprint density at radius 3 is 2.43 bits per heavy atom. The summed E-state index contributed by atoms with van der Waals surface area (Å²) < 4.78 is 5.24. The van der Waals surface area contributed by atoms with Crippen LogP contribution >= 0.6 is 11.3 Å². The van der Waals surface area contributed by atoms with E-state index in [2.05, 4.69) is 24.4 Å². The predicted octanol–water partition coefficient (Wildman–Crippen LogP) is 5.51. The first-order chi connectivity index (χ1) is 11.3. The van der Waals surface area contributed by atoms with Gasteiger partial charge < -0.3 is 10.1 Å². The van der Waals surface area contributed by atoms with Gasteiger partial charge in [-0.15, -0.1) is 11.3 Å². The number of hydrogen-bond donors (Lipinski definition) is 1. The molecule has 1 aromatic heterocycles. The summed E-state index contributed by atoms with van der Waals surface area (Å²) in [7, 11) is 1.68. The second-order valence-corrected chi connectivity index (χ2v) is 6.34. The molecule has 23 heavy (non-hydrogen) atoms. The molecule has 2 aromatic carbocycles. The van der Waals surface area contributed by atoms with Crippen LogP contribution in [0.15, 0.2) is 54.6 Å². The van der Waals surface area contributed by atoms with E-state index in [1.54, 1.807) is 18.4 Å². The number of thiazole rings is 1. The summed E-state index contributed by atoms with van der Waals surface area (Å²) >= 11 is 1.73. The monoisotopic (exact) mass is 324 g/mol. The zero-order valence-electron chi connectivity index (χ0n) is 13.4. The molecule has 3 aromatic rings. The number of nitrogens with zero attached hydrogens (tertiary/aromatic N) is 1. The van der Waals surface area contributed by atoms with Crippen LogP contribution in [0, 0.1) is 0 Å². The van der Waals surface area contributed by atoms with Crippen LogP contribution in [0.1, 0.15) is 18.2 Å². The van der Waals surface area contributed by atoms with Crippen molar-refractivity contribution in [2.24, 2.45) is 0 Å². The molecule has 1 heterocycles. The second kappa shape index (κ2) is 7.29. The molecule has 0 aliphatic carbocycles. The van der Waals surface area contributed by atoms with Crippen LogP contribution in [-0.2, 0) is 6.42 Å². The van der Waals surface area contributed by atoms with E-state index in [1.165, 1.54) is 4.88 Å². The fourth-order valence-corrected chi connectivity index (χ4v) is 3.53. The first-order valence-electron chi connectivity index (χ1n) is 7.76. The van der Waals surface area contributed by atoms with E-state index in [9.17, 15) is 0 Å². The molecule has 3 nitrogen and oxygen atoms in total. The summed E-state index contributed by atoms with van der Waals surface area (Å²) in [5.41, 5.74) is 3.26. The highest BCUT2D eigenvalue weighted by atomic mass is 32.1. The van der Waals surface area contributed by atoms with Gasteiger partial charge in [0.25, 0.3) is 0 Å². The Labute approximate surface area is 141 Å². The van der Waals surface area contributed by atoms with Gasteiger partial charge in [-0.3, -0.25) is 0 Å². The van der Waals surface area contributed by atoms with E-state index < -0.39 is 0 Å². The summed E-state index contributed by atoms with van der Waals surface area (Å²) in [6, 6.07) is 18.3. The van der Waals surface area contributed by atoms with Gasteiger partial charge in [-0.25, -0.2) is 4.98 Å². The Morgan fingerprint density at radius 2 is 1.78 bits per heavy atom. The third-order valence-electron chi connectivity index (χ3n) is 3.56. The minimum absolute atomic E-state index is 0.864. The summed E-state index contributed by atoms with van der Waals surface area (Å²) in [6.07, 6.45) is 2.14. The topological polar surface area (TPSA) is 34.2 Å².